The topological polar surface area (TPSA) is 56.5 Å². The van der Waals surface area contributed by atoms with Crippen molar-refractivity contribution in [2.24, 2.45) is 11.1 Å². The Labute approximate surface area is 102 Å². The molecule has 0 saturated carbocycles. The van der Waals surface area contributed by atoms with Crippen molar-refractivity contribution in [3.63, 3.8) is 0 Å². The van der Waals surface area contributed by atoms with E-state index in [-0.39, 0.29) is 5.41 Å². The van der Waals surface area contributed by atoms with Gasteiger partial charge >= 0.3 is 0 Å². The van der Waals surface area contributed by atoms with E-state index < -0.39 is 0 Å². The third kappa shape index (κ3) is 2.90. The second-order valence-corrected chi connectivity index (χ2v) is 4.51. The molecule has 1 heterocycles. The molecule has 1 aliphatic heterocycles. The number of rotatable bonds is 6. The lowest BCUT2D eigenvalue weighted by molar-refractivity contribution is -0.0979. The summed E-state index contributed by atoms with van der Waals surface area (Å²) < 4.78 is 10.6. The molecule has 0 bridgehead atoms. The van der Waals surface area contributed by atoms with Crippen LogP contribution in [0.4, 0.5) is 5.69 Å². The summed E-state index contributed by atoms with van der Waals surface area (Å²) in [6.45, 7) is 5.71. The normalized spacial score (nSPS) is 17.3. The fourth-order valence-corrected chi connectivity index (χ4v) is 1.81. The number of ether oxygens (including phenoxy) is 2. The highest BCUT2D eigenvalue weighted by molar-refractivity contribution is 5.46. The van der Waals surface area contributed by atoms with E-state index in [0.717, 1.165) is 31.2 Å². The van der Waals surface area contributed by atoms with E-state index in [2.05, 4.69) is 5.32 Å². The summed E-state index contributed by atoms with van der Waals surface area (Å²) in [6.07, 6.45) is 0. The molecular formula is C13H20N2O2. The van der Waals surface area contributed by atoms with Gasteiger partial charge in [-0.1, -0.05) is 0 Å². The summed E-state index contributed by atoms with van der Waals surface area (Å²) in [6, 6.07) is 7.99. The maximum atomic E-state index is 5.76. The first-order valence-electron chi connectivity index (χ1n) is 6.02. The van der Waals surface area contributed by atoms with Gasteiger partial charge in [0.05, 0.1) is 19.8 Å². The first kappa shape index (κ1) is 12.2. The van der Waals surface area contributed by atoms with Crippen molar-refractivity contribution >= 4 is 5.69 Å². The van der Waals surface area contributed by atoms with Crippen LogP contribution in [0.5, 0.6) is 5.75 Å². The molecule has 1 aromatic rings. The summed E-state index contributed by atoms with van der Waals surface area (Å²) >= 11 is 0. The Kier molecular flexibility index (Phi) is 3.86. The molecule has 1 fully saturated rings. The Morgan fingerprint density at radius 3 is 2.53 bits per heavy atom. The second-order valence-electron chi connectivity index (χ2n) is 4.51. The molecule has 0 atom stereocenters. The molecule has 0 aliphatic carbocycles. The fourth-order valence-electron chi connectivity index (χ4n) is 1.81. The van der Waals surface area contributed by atoms with E-state index in [1.165, 1.54) is 0 Å². The highest BCUT2D eigenvalue weighted by atomic mass is 16.5. The van der Waals surface area contributed by atoms with Gasteiger partial charge in [0.15, 0.2) is 0 Å². The Bertz CT molecular complexity index is 341. The number of benzene rings is 1. The van der Waals surface area contributed by atoms with Crippen LogP contribution in [0.15, 0.2) is 24.3 Å². The number of hydrogen-bond donors (Lipinski definition) is 2. The highest BCUT2D eigenvalue weighted by Crippen LogP contribution is 2.26. The molecule has 4 nitrogen and oxygen atoms in total. The summed E-state index contributed by atoms with van der Waals surface area (Å²) in [5.74, 6) is 0.901. The van der Waals surface area contributed by atoms with Crippen LogP contribution in [-0.2, 0) is 4.74 Å². The molecular weight excluding hydrogens is 216 g/mol. The minimum absolute atomic E-state index is 0.124. The predicted molar refractivity (Wildman–Crippen MR) is 68.4 cm³/mol. The molecule has 4 heteroatoms. The fraction of sp³-hybridized carbons (Fsp3) is 0.538. The highest BCUT2D eigenvalue weighted by Gasteiger charge is 2.36. The predicted octanol–water partition coefficient (Wildman–Crippen LogP) is 1.47. The van der Waals surface area contributed by atoms with E-state index in [4.69, 9.17) is 15.2 Å². The standard InChI is InChI=1S/C13H20N2O2/c1-2-17-12-5-3-11(4-6-12)15-8-13(7-14)9-16-10-13/h3-6,15H,2,7-10,14H2,1H3. The average molecular weight is 236 g/mol. The van der Waals surface area contributed by atoms with Gasteiger partial charge in [-0.15, -0.1) is 0 Å². The van der Waals surface area contributed by atoms with Crippen LogP contribution in [-0.4, -0.2) is 32.9 Å². The molecule has 0 unspecified atom stereocenters. The third-order valence-electron chi connectivity index (χ3n) is 3.08. The number of hydrogen-bond acceptors (Lipinski definition) is 4. The van der Waals surface area contributed by atoms with Crippen molar-refractivity contribution in [3.8, 4) is 5.75 Å². The Hall–Kier alpha value is -1.26. The van der Waals surface area contributed by atoms with Crippen LogP contribution in [0.1, 0.15) is 6.92 Å². The monoisotopic (exact) mass is 236 g/mol. The minimum Gasteiger partial charge on any atom is -0.494 e. The molecule has 0 amide bonds. The van der Waals surface area contributed by atoms with Crippen LogP contribution < -0.4 is 15.8 Å². The molecule has 1 aliphatic rings. The van der Waals surface area contributed by atoms with Gasteiger partial charge in [0, 0.05) is 24.2 Å². The van der Waals surface area contributed by atoms with E-state index in [1.54, 1.807) is 0 Å². The number of nitrogens with one attached hydrogen (secondary N) is 1. The van der Waals surface area contributed by atoms with Crippen LogP contribution in [0.2, 0.25) is 0 Å². The van der Waals surface area contributed by atoms with Crippen molar-refractivity contribution in [2.75, 3.05) is 38.2 Å². The van der Waals surface area contributed by atoms with Crippen LogP contribution in [0, 0.1) is 5.41 Å². The molecule has 2 rings (SSSR count). The maximum Gasteiger partial charge on any atom is 0.119 e. The van der Waals surface area contributed by atoms with Gasteiger partial charge in [-0.25, -0.2) is 0 Å². The van der Waals surface area contributed by atoms with Gasteiger partial charge in [-0.05, 0) is 31.2 Å². The van der Waals surface area contributed by atoms with E-state index in [0.29, 0.717) is 13.2 Å². The SMILES string of the molecule is CCOc1ccc(NCC2(CN)COC2)cc1. The van der Waals surface area contributed by atoms with Crippen LogP contribution >= 0.6 is 0 Å². The van der Waals surface area contributed by atoms with Crippen LogP contribution in [0.3, 0.4) is 0 Å². The lowest BCUT2D eigenvalue weighted by Crippen LogP contribution is -2.52. The lowest BCUT2D eigenvalue weighted by atomic mass is 9.86. The Morgan fingerprint density at radius 2 is 2.06 bits per heavy atom. The Morgan fingerprint density at radius 1 is 1.35 bits per heavy atom. The second kappa shape index (κ2) is 5.38. The van der Waals surface area contributed by atoms with Gasteiger partial charge in [0.25, 0.3) is 0 Å². The molecule has 0 aromatic heterocycles. The summed E-state index contributed by atoms with van der Waals surface area (Å²) in [5, 5.41) is 3.39. The smallest absolute Gasteiger partial charge is 0.119 e. The van der Waals surface area contributed by atoms with Crippen molar-refractivity contribution in [1.82, 2.24) is 0 Å². The van der Waals surface area contributed by atoms with Crippen LogP contribution in [0.25, 0.3) is 0 Å². The van der Waals surface area contributed by atoms with E-state index >= 15 is 0 Å². The van der Waals surface area contributed by atoms with E-state index in [9.17, 15) is 0 Å². The van der Waals surface area contributed by atoms with Gasteiger partial charge in [0.1, 0.15) is 5.75 Å². The van der Waals surface area contributed by atoms with Crippen molar-refractivity contribution in [1.29, 1.82) is 0 Å². The van der Waals surface area contributed by atoms with Crippen molar-refractivity contribution in [2.45, 2.75) is 6.92 Å². The molecule has 94 valence electrons. The first-order valence-corrected chi connectivity index (χ1v) is 6.02. The molecule has 1 aromatic carbocycles. The quantitative estimate of drug-likeness (QED) is 0.785. The van der Waals surface area contributed by atoms with Crippen molar-refractivity contribution < 1.29 is 9.47 Å². The average Bonchev–Trinajstić information content (AvgIpc) is 2.31. The van der Waals surface area contributed by atoms with Crippen molar-refractivity contribution in [3.05, 3.63) is 24.3 Å². The summed E-state index contributed by atoms with van der Waals surface area (Å²) in [7, 11) is 0. The summed E-state index contributed by atoms with van der Waals surface area (Å²) in [5.41, 5.74) is 6.97. The number of nitrogens with two attached hydrogens (primary N) is 1. The molecule has 3 N–H and O–H groups in total. The third-order valence-corrected chi connectivity index (χ3v) is 3.08. The molecule has 0 spiro atoms. The first-order chi connectivity index (χ1) is 8.28. The van der Waals surface area contributed by atoms with E-state index in [1.807, 2.05) is 31.2 Å². The zero-order chi connectivity index (χ0) is 12.1. The van der Waals surface area contributed by atoms with Gasteiger partial charge in [-0.3, -0.25) is 0 Å². The lowest BCUT2D eigenvalue weighted by Gasteiger charge is -2.40. The molecule has 0 radical (unpaired) electrons. The zero-order valence-electron chi connectivity index (χ0n) is 10.2. The van der Waals surface area contributed by atoms with Gasteiger partial charge < -0.3 is 20.5 Å². The minimum atomic E-state index is 0.124. The number of anilines is 1. The largest absolute Gasteiger partial charge is 0.494 e. The Balaban J connectivity index is 1.86. The van der Waals surface area contributed by atoms with Gasteiger partial charge in [-0.2, -0.15) is 0 Å². The molecule has 17 heavy (non-hydrogen) atoms. The van der Waals surface area contributed by atoms with Gasteiger partial charge in [0.2, 0.25) is 0 Å². The maximum absolute atomic E-state index is 5.76. The molecule has 1 saturated heterocycles. The summed E-state index contributed by atoms with van der Waals surface area (Å²) in [4.78, 5) is 0. The zero-order valence-corrected chi connectivity index (χ0v) is 10.2.